The van der Waals surface area contributed by atoms with Crippen molar-refractivity contribution in [3.8, 4) is 0 Å². The van der Waals surface area contributed by atoms with Crippen LogP contribution in [0.5, 0.6) is 0 Å². The smallest absolute Gasteiger partial charge is 0.327 e. The van der Waals surface area contributed by atoms with Gasteiger partial charge in [-0.05, 0) is 0 Å². The number of hydrogen-bond donors (Lipinski definition) is 4. The van der Waals surface area contributed by atoms with Gasteiger partial charge in [0.25, 0.3) is 0 Å². The molecular weight excluding hydrogens is 216 g/mol. The van der Waals surface area contributed by atoms with E-state index in [2.05, 4.69) is 10.3 Å². The van der Waals surface area contributed by atoms with E-state index in [-0.39, 0.29) is 25.7 Å². The summed E-state index contributed by atoms with van der Waals surface area (Å²) in [4.78, 5) is 16.7. The van der Waals surface area contributed by atoms with Crippen molar-refractivity contribution in [1.29, 1.82) is 0 Å². The number of aliphatic imine (C=N–C) groups is 1. The Labute approximate surface area is 91.7 Å². The van der Waals surface area contributed by atoms with Crippen LogP contribution in [-0.4, -0.2) is 58.8 Å². The van der Waals surface area contributed by atoms with Gasteiger partial charge in [0.15, 0.2) is 5.96 Å². The molecule has 8 heteroatoms. The Balaban J connectivity index is 2.02. The van der Waals surface area contributed by atoms with E-state index in [0.717, 1.165) is 0 Å². The molecule has 0 aliphatic carbocycles. The van der Waals surface area contributed by atoms with Gasteiger partial charge >= 0.3 is 6.03 Å². The van der Waals surface area contributed by atoms with Crippen LogP contribution < -0.4 is 11.1 Å². The second kappa shape index (κ2) is 4.24. The standard InChI is InChI=1S/C8H14N4O4/c9-7-10-3-12(8(15)11-7)6-1-4(14)5(2-13)16-6/h4-6,13-14H,1-3H2,(H3,9,10,11,15)/t4?,5-,6+/m1/s1. The van der Waals surface area contributed by atoms with Crippen LogP contribution in [0.3, 0.4) is 0 Å². The number of nitrogens with zero attached hydrogens (tertiary/aromatic N) is 2. The lowest BCUT2D eigenvalue weighted by molar-refractivity contribution is -0.0637. The van der Waals surface area contributed by atoms with Crippen LogP contribution in [0, 0.1) is 0 Å². The summed E-state index contributed by atoms with van der Waals surface area (Å²) in [6.07, 6.45) is -1.75. The summed E-state index contributed by atoms with van der Waals surface area (Å²) in [6.45, 7) is -0.189. The van der Waals surface area contributed by atoms with Gasteiger partial charge in [-0.15, -0.1) is 0 Å². The molecule has 2 rings (SSSR count). The van der Waals surface area contributed by atoms with Crippen LogP contribution >= 0.6 is 0 Å². The Hall–Kier alpha value is -1.38. The third-order valence-corrected chi connectivity index (χ3v) is 2.62. The van der Waals surface area contributed by atoms with Gasteiger partial charge in [-0.25, -0.2) is 9.79 Å². The maximum Gasteiger partial charge on any atom is 0.327 e. The summed E-state index contributed by atoms with van der Waals surface area (Å²) < 4.78 is 5.32. The summed E-state index contributed by atoms with van der Waals surface area (Å²) in [5.41, 5.74) is 5.33. The van der Waals surface area contributed by atoms with Crippen molar-refractivity contribution in [1.82, 2.24) is 10.2 Å². The van der Waals surface area contributed by atoms with Crippen molar-refractivity contribution >= 4 is 12.0 Å². The first-order valence-corrected chi connectivity index (χ1v) is 4.93. The van der Waals surface area contributed by atoms with Crippen LogP contribution in [0.4, 0.5) is 4.79 Å². The van der Waals surface area contributed by atoms with Gasteiger partial charge in [0.2, 0.25) is 0 Å². The predicted molar refractivity (Wildman–Crippen MR) is 53.2 cm³/mol. The van der Waals surface area contributed by atoms with Gasteiger partial charge in [0.1, 0.15) is 19.0 Å². The molecule has 2 heterocycles. The van der Waals surface area contributed by atoms with Crippen LogP contribution in [0.15, 0.2) is 4.99 Å². The molecule has 0 saturated carbocycles. The van der Waals surface area contributed by atoms with Crippen molar-refractivity contribution in [2.45, 2.75) is 24.9 Å². The lowest BCUT2D eigenvalue weighted by atomic mass is 10.2. The number of nitrogens with two attached hydrogens (primary N) is 1. The van der Waals surface area contributed by atoms with E-state index < -0.39 is 24.5 Å². The van der Waals surface area contributed by atoms with Gasteiger partial charge in [-0.3, -0.25) is 10.2 Å². The summed E-state index contributed by atoms with van der Waals surface area (Å²) in [5, 5.41) is 20.8. The number of nitrogens with one attached hydrogen (secondary N) is 1. The van der Waals surface area contributed by atoms with E-state index in [1.165, 1.54) is 4.90 Å². The molecule has 16 heavy (non-hydrogen) atoms. The molecule has 0 bridgehead atoms. The lowest BCUT2D eigenvalue weighted by Gasteiger charge is -2.29. The van der Waals surface area contributed by atoms with E-state index in [0.29, 0.717) is 0 Å². The number of carbonyl (C=O) groups is 1. The summed E-state index contributed by atoms with van der Waals surface area (Å²) >= 11 is 0. The average Bonchev–Trinajstić information content (AvgIpc) is 2.59. The molecule has 0 aromatic heterocycles. The topological polar surface area (TPSA) is 120 Å². The molecule has 1 saturated heterocycles. The van der Waals surface area contributed by atoms with Crippen molar-refractivity contribution in [2.75, 3.05) is 13.3 Å². The summed E-state index contributed by atoms with van der Waals surface area (Å²) in [5.74, 6) is 0.0681. The van der Waals surface area contributed by atoms with Crippen LogP contribution in [0.1, 0.15) is 6.42 Å². The Morgan fingerprint density at radius 2 is 2.44 bits per heavy atom. The van der Waals surface area contributed by atoms with Crippen LogP contribution in [0.25, 0.3) is 0 Å². The fourth-order valence-corrected chi connectivity index (χ4v) is 1.73. The van der Waals surface area contributed by atoms with Crippen molar-refractivity contribution in [3.05, 3.63) is 0 Å². The zero-order valence-electron chi connectivity index (χ0n) is 8.54. The minimum atomic E-state index is -0.772. The molecule has 5 N–H and O–H groups in total. The van der Waals surface area contributed by atoms with E-state index >= 15 is 0 Å². The van der Waals surface area contributed by atoms with Crippen molar-refractivity contribution in [3.63, 3.8) is 0 Å². The number of aliphatic hydroxyl groups excluding tert-OH is 2. The number of carbonyl (C=O) groups excluding carboxylic acids is 1. The molecule has 2 amide bonds. The average molecular weight is 230 g/mol. The van der Waals surface area contributed by atoms with Crippen LogP contribution in [-0.2, 0) is 4.74 Å². The lowest BCUT2D eigenvalue weighted by Crippen LogP contribution is -2.54. The van der Waals surface area contributed by atoms with Crippen molar-refractivity contribution < 1.29 is 19.7 Å². The van der Waals surface area contributed by atoms with E-state index in [1.54, 1.807) is 0 Å². The molecule has 2 aliphatic rings. The van der Waals surface area contributed by atoms with Gasteiger partial charge in [-0.2, -0.15) is 0 Å². The molecule has 1 fully saturated rings. The molecule has 8 nitrogen and oxygen atoms in total. The zero-order chi connectivity index (χ0) is 11.7. The second-order valence-electron chi connectivity index (χ2n) is 3.70. The van der Waals surface area contributed by atoms with Crippen LogP contribution in [0.2, 0.25) is 0 Å². The molecule has 90 valence electrons. The van der Waals surface area contributed by atoms with Gasteiger partial charge < -0.3 is 20.7 Å². The highest BCUT2D eigenvalue weighted by molar-refractivity contribution is 5.96. The van der Waals surface area contributed by atoms with Gasteiger partial charge in [0.05, 0.1) is 12.7 Å². The number of aliphatic hydroxyl groups is 2. The first-order chi connectivity index (χ1) is 7.61. The number of ether oxygens (including phenoxy) is 1. The number of guanidine groups is 1. The number of hydrogen-bond acceptors (Lipinski definition) is 6. The molecule has 3 atom stereocenters. The number of rotatable bonds is 2. The fraction of sp³-hybridized carbons (Fsp3) is 0.750. The molecule has 0 aromatic rings. The molecule has 0 spiro atoms. The third-order valence-electron chi connectivity index (χ3n) is 2.62. The number of urea groups is 1. The Morgan fingerprint density at radius 1 is 1.69 bits per heavy atom. The molecule has 1 unspecified atom stereocenters. The summed E-state index contributed by atoms with van der Waals surface area (Å²) in [7, 11) is 0. The Bertz CT molecular complexity index is 321. The highest BCUT2D eigenvalue weighted by Gasteiger charge is 2.39. The monoisotopic (exact) mass is 230 g/mol. The van der Waals surface area contributed by atoms with E-state index in [9.17, 15) is 9.90 Å². The number of amides is 2. The Kier molecular flexibility index (Phi) is 2.95. The molecule has 2 aliphatic heterocycles. The quantitative estimate of drug-likeness (QED) is 0.427. The van der Waals surface area contributed by atoms with E-state index in [1.807, 2.05) is 0 Å². The predicted octanol–water partition coefficient (Wildman–Crippen LogP) is -2.25. The normalized spacial score (nSPS) is 34.9. The van der Waals surface area contributed by atoms with E-state index in [4.69, 9.17) is 15.6 Å². The zero-order valence-corrected chi connectivity index (χ0v) is 8.54. The first-order valence-electron chi connectivity index (χ1n) is 4.93. The SMILES string of the molecule is NC1=NCN([C@@H]2CC(O)[C@@H](CO)O2)C(=O)N1. The largest absolute Gasteiger partial charge is 0.394 e. The van der Waals surface area contributed by atoms with Crippen molar-refractivity contribution in [2.24, 2.45) is 10.7 Å². The highest BCUT2D eigenvalue weighted by atomic mass is 16.5. The second-order valence-corrected chi connectivity index (χ2v) is 3.70. The first kappa shape index (κ1) is 11.1. The summed E-state index contributed by atoms with van der Waals surface area (Å²) in [6, 6.07) is -0.414. The maximum absolute atomic E-state index is 11.5. The molecule has 0 radical (unpaired) electrons. The molecule has 0 aromatic carbocycles. The molecular formula is C8H14N4O4. The Morgan fingerprint density at radius 3 is 3.00 bits per heavy atom. The third kappa shape index (κ3) is 1.94. The fourth-order valence-electron chi connectivity index (χ4n) is 1.73. The van der Waals surface area contributed by atoms with Gasteiger partial charge in [0, 0.05) is 6.42 Å². The van der Waals surface area contributed by atoms with Gasteiger partial charge in [-0.1, -0.05) is 0 Å². The highest BCUT2D eigenvalue weighted by Crippen LogP contribution is 2.23. The maximum atomic E-state index is 11.5. The minimum absolute atomic E-state index is 0.0681. The minimum Gasteiger partial charge on any atom is -0.394 e.